The van der Waals surface area contributed by atoms with Gasteiger partial charge in [-0.1, -0.05) is 35.1 Å². The van der Waals surface area contributed by atoms with Gasteiger partial charge >= 0.3 is 0 Å². The van der Waals surface area contributed by atoms with Gasteiger partial charge in [-0.15, -0.1) is 0 Å². The lowest BCUT2D eigenvalue weighted by atomic mass is 10.1. The van der Waals surface area contributed by atoms with E-state index < -0.39 is 0 Å². The lowest BCUT2D eigenvalue weighted by Crippen LogP contribution is -2.44. The summed E-state index contributed by atoms with van der Waals surface area (Å²) in [6.07, 6.45) is 1.76. The molecule has 0 saturated carbocycles. The van der Waals surface area contributed by atoms with Crippen molar-refractivity contribution in [3.05, 3.63) is 59.2 Å². The standard InChI is InChI=1S/C22H23ClN4O2S/c1-26-9-11-27(12-10-26)18-13-16(5-8-19(18)29-2)21(28)25-22-24-14-20(30-22)15-3-6-17(23)7-4-15/h3-8,13-14H,9-12H2,1-2H3,(H,24,25,28). The van der Waals surface area contributed by atoms with Gasteiger partial charge in [0.15, 0.2) is 5.13 Å². The van der Waals surface area contributed by atoms with E-state index in [-0.39, 0.29) is 5.91 Å². The van der Waals surface area contributed by atoms with Crippen molar-refractivity contribution >= 4 is 39.7 Å². The quantitative estimate of drug-likeness (QED) is 0.631. The summed E-state index contributed by atoms with van der Waals surface area (Å²) in [5, 5.41) is 4.15. The average molecular weight is 443 g/mol. The SMILES string of the molecule is COc1ccc(C(=O)Nc2ncc(-c3ccc(Cl)cc3)s2)cc1N1CCN(C)CC1. The molecule has 2 heterocycles. The van der Waals surface area contributed by atoms with Gasteiger partial charge < -0.3 is 14.5 Å². The molecule has 1 aromatic heterocycles. The van der Waals surface area contributed by atoms with Crippen LogP contribution < -0.4 is 15.0 Å². The van der Waals surface area contributed by atoms with E-state index in [1.54, 1.807) is 19.4 Å². The second-order valence-electron chi connectivity index (χ2n) is 7.17. The van der Waals surface area contributed by atoms with Crippen molar-refractivity contribution < 1.29 is 9.53 Å². The number of piperazine rings is 1. The van der Waals surface area contributed by atoms with Crippen LogP contribution in [0.5, 0.6) is 5.75 Å². The third-order valence-corrected chi connectivity index (χ3v) is 6.35. The number of nitrogens with zero attached hydrogens (tertiary/aromatic N) is 3. The Balaban J connectivity index is 1.51. The molecule has 1 N–H and O–H groups in total. The second-order valence-corrected chi connectivity index (χ2v) is 8.63. The van der Waals surface area contributed by atoms with Crippen molar-refractivity contribution in [1.29, 1.82) is 0 Å². The van der Waals surface area contributed by atoms with Crippen molar-refractivity contribution in [2.24, 2.45) is 0 Å². The molecule has 1 aliphatic heterocycles. The maximum Gasteiger partial charge on any atom is 0.257 e. The summed E-state index contributed by atoms with van der Waals surface area (Å²) in [7, 11) is 3.77. The van der Waals surface area contributed by atoms with Crippen molar-refractivity contribution in [2.75, 3.05) is 50.6 Å². The fraction of sp³-hybridized carbons (Fsp3) is 0.273. The van der Waals surface area contributed by atoms with Crippen molar-refractivity contribution in [2.45, 2.75) is 0 Å². The first kappa shape index (κ1) is 20.7. The Morgan fingerprint density at radius 1 is 1.13 bits per heavy atom. The van der Waals surface area contributed by atoms with Gasteiger partial charge in [-0.25, -0.2) is 4.98 Å². The minimum Gasteiger partial charge on any atom is -0.495 e. The Kier molecular flexibility index (Phi) is 6.22. The van der Waals surface area contributed by atoms with Crippen molar-refractivity contribution in [1.82, 2.24) is 9.88 Å². The molecule has 4 rings (SSSR count). The lowest BCUT2D eigenvalue weighted by Gasteiger charge is -2.34. The largest absolute Gasteiger partial charge is 0.495 e. The Labute approximate surface area is 185 Å². The van der Waals surface area contributed by atoms with Crippen LogP contribution in [0.15, 0.2) is 48.7 Å². The maximum atomic E-state index is 12.9. The highest BCUT2D eigenvalue weighted by atomic mass is 35.5. The number of carbonyl (C=O) groups excluding carboxylic acids is 1. The predicted octanol–water partition coefficient (Wildman–Crippen LogP) is 4.48. The van der Waals surface area contributed by atoms with E-state index in [2.05, 4.69) is 27.1 Å². The Hall–Kier alpha value is -2.61. The molecule has 0 aliphatic carbocycles. The van der Waals surface area contributed by atoms with Crippen LogP contribution in [0.4, 0.5) is 10.8 Å². The van der Waals surface area contributed by atoms with Gasteiger partial charge in [0.2, 0.25) is 0 Å². The number of hydrogen-bond acceptors (Lipinski definition) is 6. The van der Waals surface area contributed by atoms with E-state index in [1.165, 1.54) is 11.3 Å². The molecule has 1 fully saturated rings. The molecule has 8 heteroatoms. The molecular weight excluding hydrogens is 420 g/mol. The van der Waals surface area contributed by atoms with Crippen LogP contribution in [0.2, 0.25) is 5.02 Å². The van der Waals surface area contributed by atoms with E-state index in [1.807, 2.05) is 36.4 Å². The molecule has 6 nitrogen and oxygen atoms in total. The van der Waals surface area contributed by atoms with Gasteiger partial charge in [0, 0.05) is 43.0 Å². The highest BCUT2D eigenvalue weighted by molar-refractivity contribution is 7.19. The number of anilines is 2. The number of nitrogens with one attached hydrogen (secondary N) is 1. The van der Waals surface area contributed by atoms with E-state index >= 15 is 0 Å². The number of hydrogen-bond donors (Lipinski definition) is 1. The summed E-state index contributed by atoms with van der Waals surface area (Å²) in [4.78, 5) is 22.7. The van der Waals surface area contributed by atoms with Gasteiger partial charge in [0.1, 0.15) is 5.75 Å². The molecule has 0 atom stereocenters. The number of ether oxygens (including phenoxy) is 1. The molecule has 30 heavy (non-hydrogen) atoms. The molecule has 1 aliphatic rings. The minimum atomic E-state index is -0.190. The number of benzene rings is 2. The Morgan fingerprint density at radius 3 is 2.57 bits per heavy atom. The van der Waals surface area contributed by atoms with Crippen LogP contribution in [-0.2, 0) is 0 Å². The van der Waals surface area contributed by atoms with Crippen molar-refractivity contribution in [3.8, 4) is 16.2 Å². The monoisotopic (exact) mass is 442 g/mol. The van der Waals surface area contributed by atoms with Gasteiger partial charge in [0.05, 0.1) is 17.7 Å². The maximum absolute atomic E-state index is 12.9. The van der Waals surface area contributed by atoms with Crippen LogP contribution in [0, 0.1) is 0 Å². The number of rotatable bonds is 5. The van der Waals surface area contributed by atoms with Crippen LogP contribution in [0.3, 0.4) is 0 Å². The third-order valence-electron chi connectivity index (χ3n) is 5.14. The highest BCUT2D eigenvalue weighted by Crippen LogP contribution is 2.32. The smallest absolute Gasteiger partial charge is 0.257 e. The first-order valence-electron chi connectivity index (χ1n) is 9.68. The first-order valence-corrected chi connectivity index (χ1v) is 10.9. The molecule has 1 amide bonds. The van der Waals surface area contributed by atoms with Gasteiger partial charge in [-0.05, 0) is 42.9 Å². The fourth-order valence-corrected chi connectivity index (χ4v) is 4.32. The second kappa shape index (κ2) is 9.04. The summed E-state index contributed by atoms with van der Waals surface area (Å²) in [6.45, 7) is 3.75. The normalized spacial score (nSPS) is 14.6. The molecule has 156 valence electrons. The number of halogens is 1. The lowest BCUT2D eigenvalue weighted by molar-refractivity contribution is 0.102. The zero-order valence-electron chi connectivity index (χ0n) is 16.9. The van der Waals surface area contributed by atoms with E-state index in [4.69, 9.17) is 16.3 Å². The number of methoxy groups -OCH3 is 1. The minimum absolute atomic E-state index is 0.190. The van der Waals surface area contributed by atoms with Crippen LogP contribution in [0.1, 0.15) is 10.4 Å². The highest BCUT2D eigenvalue weighted by Gasteiger charge is 2.20. The fourth-order valence-electron chi connectivity index (χ4n) is 3.37. The predicted molar refractivity (Wildman–Crippen MR) is 123 cm³/mol. The van der Waals surface area contributed by atoms with E-state index in [0.717, 1.165) is 48.1 Å². The molecule has 3 aromatic rings. The van der Waals surface area contributed by atoms with Crippen molar-refractivity contribution in [3.63, 3.8) is 0 Å². The summed E-state index contributed by atoms with van der Waals surface area (Å²) in [5.41, 5.74) is 2.53. The first-order chi connectivity index (χ1) is 14.5. The Bertz CT molecular complexity index is 1030. The summed E-state index contributed by atoms with van der Waals surface area (Å²) >= 11 is 7.38. The molecule has 2 aromatic carbocycles. The zero-order chi connectivity index (χ0) is 21.1. The number of thiazole rings is 1. The van der Waals surface area contributed by atoms with Gasteiger partial charge in [0.25, 0.3) is 5.91 Å². The van der Waals surface area contributed by atoms with Crippen LogP contribution in [-0.4, -0.2) is 56.1 Å². The zero-order valence-corrected chi connectivity index (χ0v) is 18.5. The van der Waals surface area contributed by atoms with E-state index in [0.29, 0.717) is 15.7 Å². The Morgan fingerprint density at radius 2 is 1.87 bits per heavy atom. The number of aromatic nitrogens is 1. The molecular formula is C22H23ClN4O2S. The number of amides is 1. The molecule has 0 radical (unpaired) electrons. The van der Waals surface area contributed by atoms with E-state index in [9.17, 15) is 4.79 Å². The average Bonchev–Trinajstić information content (AvgIpc) is 3.22. The molecule has 1 saturated heterocycles. The van der Waals surface area contributed by atoms with Gasteiger partial charge in [-0.3, -0.25) is 10.1 Å². The molecule has 0 unspecified atom stereocenters. The summed E-state index contributed by atoms with van der Waals surface area (Å²) < 4.78 is 5.53. The van der Waals surface area contributed by atoms with Crippen LogP contribution >= 0.6 is 22.9 Å². The summed E-state index contributed by atoms with van der Waals surface area (Å²) in [5.74, 6) is 0.584. The molecule has 0 spiro atoms. The topological polar surface area (TPSA) is 57.7 Å². The van der Waals surface area contributed by atoms with Crippen LogP contribution in [0.25, 0.3) is 10.4 Å². The number of carbonyl (C=O) groups is 1. The number of likely N-dealkylation sites (N-methyl/N-ethyl adjacent to an activating group) is 1. The summed E-state index contributed by atoms with van der Waals surface area (Å²) in [6, 6.07) is 13.1. The van der Waals surface area contributed by atoms with Gasteiger partial charge in [-0.2, -0.15) is 0 Å². The third kappa shape index (κ3) is 4.59. The molecule has 0 bridgehead atoms.